The molecule has 0 spiro atoms. The quantitative estimate of drug-likeness (QED) is 0.736. The topological polar surface area (TPSA) is 49.7 Å². The van der Waals surface area contributed by atoms with E-state index in [1.54, 1.807) is 42.6 Å². The van der Waals surface area contributed by atoms with Gasteiger partial charge in [-0.2, -0.15) is 4.31 Å². The molecule has 0 bridgehead atoms. The van der Waals surface area contributed by atoms with Crippen LogP contribution in [0.3, 0.4) is 0 Å². The molecule has 2 aromatic rings. The zero-order chi connectivity index (χ0) is 16.9. The molecule has 0 aliphatic heterocycles. The zero-order valence-electron chi connectivity index (χ0n) is 13.1. The maximum absolute atomic E-state index is 12.4. The highest BCUT2D eigenvalue weighted by atomic mass is 35.5. The molecule has 0 fully saturated rings. The van der Waals surface area contributed by atoms with Crippen LogP contribution in [0.2, 0.25) is 5.02 Å². The molecule has 0 aliphatic rings. The van der Waals surface area contributed by atoms with E-state index in [4.69, 9.17) is 11.6 Å². The number of hydrogen-bond donors (Lipinski definition) is 0. The number of rotatable bonds is 6. The molecule has 0 heterocycles. The maximum Gasteiger partial charge on any atom is 0.243 e. The molecule has 0 aliphatic carbocycles. The van der Waals surface area contributed by atoms with Gasteiger partial charge in [0.1, 0.15) is 0 Å². The van der Waals surface area contributed by atoms with Gasteiger partial charge in [-0.1, -0.05) is 37.6 Å². The van der Waals surface area contributed by atoms with E-state index >= 15 is 0 Å². The monoisotopic (exact) mass is 350 g/mol. The summed E-state index contributed by atoms with van der Waals surface area (Å²) in [5, 5.41) is 0.674. The Morgan fingerprint density at radius 3 is 2.09 bits per heavy atom. The number of hydrogen-bond acceptors (Lipinski definition) is 3. The third kappa shape index (κ3) is 4.41. The van der Waals surface area contributed by atoms with Crippen molar-refractivity contribution in [1.82, 2.24) is 4.31 Å². The summed E-state index contributed by atoms with van der Waals surface area (Å²) in [6.07, 6.45) is 1.71. The molecule has 0 N–H and O–H groups in total. The molecule has 0 saturated heterocycles. The van der Waals surface area contributed by atoms with Gasteiger partial charge in [0.2, 0.25) is 10.0 Å². The lowest BCUT2D eigenvalue weighted by molar-refractivity contribution is 0.445. The van der Waals surface area contributed by atoms with E-state index in [1.165, 1.54) is 4.31 Å². The highest BCUT2D eigenvalue weighted by Gasteiger charge is 2.20. The van der Waals surface area contributed by atoms with Gasteiger partial charge in [0.25, 0.3) is 0 Å². The third-order valence-electron chi connectivity index (χ3n) is 3.41. The highest BCUT2D eigenvalue weighted by molar-refractivity contribution is 7.89. The molecule has 23 heavy (non-hydrogen) atoms. The van der Waals surface area contributed by atoms with Gasteiger partial charge in [-0.05, 0) is 42.0 Å². The summed E-state index contributed by atoms with van der Waals surface area (Å²) in [6, 6.07) is 13.9. The van der Waals surface area contributed by atoms with Gasteiger partial charge in [0.05, 0.1) is 10.6 Å². The van der Waals surface area contributed by atoms with E-state index in [-0.39, 0.29) is 4.90 Å². The minimum atomic E-state index is -3.42. The molecular weight excluding hydrogens is 332 g/mol. The molecule has 122 valence electrons. The predicted molar refractivity (Wildman–Crippen MR) is 95.3 cm³/mol. The lowest BCUT2D eigenvalue weighted by Crippen LogP contribution is -2.30. The molecule has 0 radical (unpaired) electrons. The van der Waals surface area contributed by atoms with Crippen molar-refractivity contribution in [3.05, 3.63) is 59.1 Å². The summed E-state index contributed by atoms with van der Waals surface area (Å²) in [7, 11) is -3.42. The number of nitrogens with zero attached hydrogens (tertiary/aromatic N) is 2. The van der Waals surface area contributed by atoms with E-state index < -0.39 is 10.0 Å². The van der Waals surface area contributed by atoms with Crippen LogP contribution in [-0.4, -0.2) is 32.0 Å². The summed E-state index contributed by atoms with van der Waals surface area (Å²) >= 11 is 5.83. The molecule has 2 rings (SSSR count). The number of benzene rings is 2. The van der Waals surface area contributed by atoms with Crippen molar-refractivity contribution >= 4 is 33.5 Å². The number of sulfonamides is 1. The largest absolute Gasteiger partial charge is 0.256 e. The smallest absolute Gasteiger partial charge is 0.243 e. The fourth-order valence-electron chi connectivity index (χ4n) is 2.11. The lowest BCUT2D eigenvalue weighted by Gasteiger charge is -2.18. The van der Waals surface area contributed by atoms with Crippen molar-refractivity contribution in [3.8, 4) is 0 Å². The Labute approximate surface area is 142 Å². The first kappa shape index (κ1) is 17.7. The highest BCUT2D eigenvalue weighted by Crippen LogP contribution is 2.20. The van der Waals surface area contributed by atoms with E-state index in [0.29, 0.717) is 23.8 Å². The Bertz CT molecular complexity index is 765. The van der Waals surface area contributed by atoms with Gasteiger partial charge in [0, 0.05) is 24.3 Å². The fraction of sp³-hybridized carbons (Fsp3) is 0.235. The van der Waals surface area contributed by atoms with Gasteiger partial charge in [-0.3, -0.25) is 4.99 Å². The first-order chi connectivity index (χ1) is 11.0. The average Bonchev–Trinajstić information content (AvgIpc) is 2.55. The zero-order valence-corrected chi connectivity index (χ0v) is 14.7. The fourth-order valence-corrected chi connectivity index (χ4v) is 3.70. The van der Waals surface area contributed by atoms with Crippen molar-refractivity contribution in [2.75, 3.05) is 13.1 Å². The van der Waals surface area contributed by atoms with E-state index in [9.17, 15) is 8.42 Å². The number of halogens is 1. The van der Waals surface area contributed by atoms with Crippen molar-refractivity contribution in [2.24, 2.45) is 4.99 Å². The summed E-state index contributed by atoms with van der Waals surface area (Å²) in [6.45, 7) is 4.56. The maximum atomic E-state index is 12.4. The van der Waals surface area contributed by atoms with E-state index in [0.717, 1.165) is 5.56 Å². The second kappa shape index (κ2) is 7.73. The summed E-state index contributed by atoms with van der Waals surface area (Å²) in [4.78, 5) is 4.62. The molecule has 0 amide bonds. The van der Waals surface area contributed by atoms with Gasteiger partial charge >= 0.3 is 0 Å². The van der Waals surface area contributed by atoms with Crippen LogP contribution in [0.15, 0.2) is 58.4 Å². The second-order valence-electron chi connectivity index (χ2n) is 4.89. The first-order valence-corrected chi connectivity index (χ1v) is 9.19. The normalized spacial score (nSPS) is 12.2. The Balaban J connectivity index is 2.18. The van der Waals surface area contributed by atoms with Gasteiger partial charge in [-0.25, -0.2) is 8.42 Å². The van der Waals surface area contributed by atoms with Gasteiger partial charge < -0.3 is 0 Å². The SMILES string of the molecule is CCN(CC)S(=O)(=O)c1ccc(N=Cc2ccc(Cl)cc2)cc1. The third-order valence-corrected chi connectivity index (χ3v) is 5.73. The minimum Gasteiger partial charge on any atom is -0.256 e. The molecule has 0 saturated carbocycles. The second-order valence-corrected chi connectivity index (χ2v) is 7.27. The molecule has 2 aromatic carbocycles. The Morgan fingerprint density at radius 2 is 1.57 bits per heavy atom. The van der Waals surface area contributed by atoms with Crippen molar-refractivity contribution in [1.29, 1.82) is 0 Å². The minimum absolute atomic E-state index is 0.284. The van der Waals surface area contributed by atoms with Crippen LogP contribution in [0.5, 0.6) is 0 Å². The Morgan fingerprint density at radius 1 is 1.00 bits per heavy atom. The predicted octanol–water partition coefficient (Wildman–Crippen LogP) is 4.12. The molecule has 0 unspecified atom stereocenters. The van der Waals surface area contributed by atoms with Crippen LogP contribution in [-0.2, 0) is 10.0 Å². The van der Waals surface area contributed by atoms with Crippen LogP contribution >= 0.6 is 11.6 Å². The standard InChI is InChI=1S/C17H19ClN2O2S/c1-3-20(4-2)23(21,22)17-11-9-16(10-12-17)19-13-14-5-7-15(18)8-6-14/h5-13H,3-4H2,1-2H3. The molecule has 0 atom stereocenters. The Kier molecular flexibility index (Phi) is 5.93. The van der Waals surface area contributed by atoms with Crippen LogP contribution in [0.25, 0.3) is 0 Å². The van der Waals surface area contributed by atoms with Crippen LogP contribution in [0.1, 0.15) is 19.4 Å². The van der Waals surface area contributed by atoms with Crippen LogP contribution in [0.4, 0.5) is 5.69 Å². The Hall–Kier alpha value is -1.69. The van der Waals surface area contributed by atoms with Crippen molar-refractivity contribution < 1.29 is 8.42 Å². The summed E-state index contributed by atoms with van der Waals surface area (Å²) in [5.41, 5.74) is 1.62. The molecular formula is C17H19ClN2O2S. The average molecular weight is 351 g/mol. The lowest BCUT2D eigenvalue weighted by atomic mass is 10.2. The molecule has 4 nitrogen and oxygen atoms in total. The first-order valence-electron chi connectivity index (χ1n) is 7.37. The van der Waals surface area contributed by atoms with Crippen LogP contribution in [0, 0.1) is 0 Å². The van der Waals surface area contributed by atoms with E-state index in [1.807, 2.05) is 26.0 Å². The van der Waals surface area contributed by atoms with Crippen molar-refractivity contribution in [3.63, 3.8) is 0 Å². The van der Waals surface area contributed by atoms with Gasteiger partial charge in [-0.15, -0.1) is 0 Å². The summed E-state index contributed by atoms with van der Waals surface area (Å²) in [5.74, 6) is 0. The summed E-state index contributed by atoms with van der Waals surface area (Å²) < 4.78 is 26.2. The number of aliphatic imine (C=N–C) groups is 1. The van der Waals surface area contributed by atoms with E-state index in [2.05, 4.69) is 4.99 Å². The van der Waals surface area contributed by atoms with Gasteiger partial charge in [0.15, 0.2) is 0 Å². The van der Waals surface area contributed by atoms with Crippen LogP contribution < -0.4 is 0 Å². The molecule has 6 heteroatoms. The van der Waals surface area contributed by atoms with Crippen molar-refractivity contribution in [2.45, 2.75) is 18.7 Å². The molecule has 0 aromatic heterocycles.